The summed E-state index contributed by atoms with van der Waals surface area (Å²) in [4.78, 5) is 35.4. The number of amides is 3. The molecule has 0 aromatic heterocycles. The highest BCUT2D eigenvalue weighted by Gasteiger charge is 2.15. The third-order valence-corrected chi connectivity index (χ3v) is 3.93. The number of urea groups is 1. The Morgan fingerprint density at radius 3 is 2.46 bits per heavy atom. The molecule has 9 heteroatoms. The minimum absolute atomic E-state index is 0.00611. The largest absolute Gasteiger partial charge is 0.486 e. The zero-order valence-corrected chi connectivity index (χ0v) is 15.5. The maximum atomic E-state index is 11.9. The van der Waals surface area contributed by atoms with E-state index in [0.29, 0.717) is 41.0 Å². The predicted molar refractivity (Wildman–Crippen MR) is 101 cm³/mol. The molecule has 2 aromatic rings. The average Bonchev–Trinajstić information content (AvgIpc) is 2.68. The molecule has 1 heterocycles. The number of esters is 1. The lowest BCUT2D eigenvalue weighted by Gasteiger charge is -2.19. The summed E-state index contributed by atoms with van der Waals surface area (Å²) in [6.45, 7) is 0.314. The maximum Gasteiger partial charge on any atom is 0.325 e. The molecule has 0 radical (unpaired) electrons. The van der Waals surface area contributed by atoms with Crippen LogP contribution in [0.3, 0.4) is 0 Å². The van der Waals surface area contributed by atoms with Crippen LogP contribution in [-0.4, -0.2) is 37.7 Å². The van der Waals surface area contributed by atoms with Gasteiger partial charge < -0.3 is 19.5 Å². The van der Waals surface area contributed by atoms with Gasteiger partial charge in [-0.15, -0.1) is 0 Å². The molecule has 146 valence electrons. The van der Waals surface area contributed by atoms with E-state index in [1.165, 1.54) is 0 Å². The van der Waals surface area contributed by atoms with Crippen LogP contribution < -0.4 is 20.1 Å². The van der Waals surface area contributed by atoms with Gasteiger partial charge in [0.05, 0.1) is 6.42 Å². The lowest BCUT2D eigenvalue weighted by atomic mass is 10.1. The second-order valence-electron chi connectivity index (χ2n) is 5.82. The fraction of sp³-hybridized carbons (Fsp3) is 0.211. The first-order valence-corrected chi connectivity index (χ1v) is 8.78. The summed E-state index contributed by atoms with van der Waals surface area (Å²) in [5, 5.41) is 5.13. The van der Waals surface area contributed by atoms with Crippen LogP contribution in [0.25, 0.3) is 0 Å². The Hall–Kier alpha value is -3.26. The minimum atomic E-state index is -0.754. The second kappa shape index (κ2) is 9.09. The monoisotopic (exact) mass is 404 g/mol. The molecule has 0 saturated carbocycles. The number of rotatable bonds is 5. The lowest BCUT2D eigenvalue weighted by Crippen LogP contribution is -2.37. The van der Waals surface area contributed by atoms with Crippen molar-refractivity contribution in [3.63, 3.8) is 0 Å². The van der Waals surface area contributed by atoms with Crippen LogP contribution in [0.5, 0.6) is 11.5 Å². The number of halogens is 1. The number of anilines is 1. The standard InChI is InChI=1S/C19H17ClN2O6/c20-13-3-1-12(2-4-13)9-18(24)28-11-17(23)22-19(25)21-14-5-6-15-16(10-14)27-8-7-26-15/h1-6,10H,7-9,11H2,(H2,21,22,23,25). The molecule has 0 aliphatic carbocycles. The molecular formula is C19H17ClN2O6. The lowest BCUT2D eigenvalue weighted by molar-refractivity contribution is -0.147. The topological polar surface area (TPSA) is 103 Å². The van der Waals surface area contributed by atoms with Gasteiger partial charge in [0, 0.05) is 16.8 Å². The molecule has 0 bridgehead atoms. The summed E-state index contributed by atoms with van der Waals surface area (Å²) >= 11 is 5.77. The van der Waals surface area contributed by atoms with Gasteiger partial charge in [-0.1, -0.05) is 23.7 Å². The minimum Gasteiger partial charge on any atom is -0.486 e. The summed E-state index contributed by atoms with van der Waals surface area (Å²) in [6.07, 6.45) is -0.00611. The van der Waals surface area contributed by atoms with Gasteiger partial charge in [0.25, 0.3) is 5.91 Å². The van der Waals surface area contributed by atoms with Crippen molar-refractivity contribution in [3.8, 4) is 11.5 Å². The third kappa shape index (κ3) is 5.62. The van der Waals surface area contributed by atoms with Crippen molar-refractivity contribution in [2.45, 2.75) is 6.42 Å². The highest BCUT2D eigenvalue weighted by atomic mass is 35.5. The van der Waals surface area contributed by atoms with Crippen LogP contribution in [0.4, 0.5) is 10.5 Å². The summed E-state index contributed by atoms with van der Waals surface area (Å²) in [6, 6.07) is 10.8. The van der Waals surface area contributed by atoms with Crippen molar-refractivity contribution in [1.82, 2.24) is 5.32 Å². The van der Waals surface area contributed by atoms with Crippen LogP contribution in [-0.2, 0) is 20.7 Å². The molecule has 2 aromatic carbocycles. The fourth-order valence-corrected chi connectivity index (χ4v) is 2.54. The van der Waals surface area contributed by atoms with E-state index in [2.05, 4.69) is 10.6 Å². The van der Waals surface area contributed by atoms with E-state index in [0.717, 1.165) is 0 Å². The summed E-state index contributed by atoms with van der Waals surface area (Å²) in [5.41, 5.74) is 1.13. The Balaban J connectivity index is 1.42. The number of carbonyl (C=O) groups is 3. The highest BCUT2D eigenvalue weighted by Crippen LogP contribution is 2.32. The van der Waals surface area contributed by atoms with Crippen LogP contribution >= 0.6 is 11.6 Å². The van der Waals surface area contributed by atoms with Crippen LogP contribution in [0.15, 0.2) is 42.5 Å². The van der Waals surface area contributed by atoms with E-state index >= 15 is 0 Å². The Morgan fingerprint density at radius 2 is 1.71 bits per heavy atom. The average molecular weight is 405 g/mol. The Bertz CT molecular complexity index is 884. The van der Waals surface area contributed by atoms with Crippen LogP contribution in [0.1, 0.15) is 5.56 Å². The second-order valence-corrected chi connectivity index (χ2v) is 6.26. The van der Waals surface area contributed by atoms with Gasteiger partial charge in [0.2, 0.25) is 0 Å². The van der Waals surface area contributed by atoms with Gasteiger partial charge in [-0.05, 0) is 29.8 Å². The van der Waals surface area contributed by atoms with Crippen molar-refractivity contribution in [2.75, 3.05) is 25.1 Å². The molecule has 3 amide bonds. The van der Waals surface area contributed by atoms with E-state index in [-0.39, 0.29) is 6.42 Å². The van der Waals surface area contributed by atoms with Gasteiger partial charge in [-0.2, -0.15) is 0 Å². The van der Waals surface area contributed by atoms with Gasteiger partial charge in [-0.3, -0.25) is 14.9 Å². The van der Waals surface area contributed by atoms with E-state index in [1.807, 2.05) is 0 Å². The molecule has 3 rings (SSSR count). The summed E-state index contributed by atoms with van der Waals surface area (Å²) < 4.78 is 15.7. The first-order chi connectivity index (χ1) is 13.5. The molecule has 28 heavy (non-hydrogen) atoms. The first kappa shape index (κ1) is 19.5. The van der Waals surface area contributed by atoms with Crippen molar-refractivity contribution < 1.29 is 28.6 Å². The van der Waals surface area contributed by atoms with Crippen molar-refractivity contribution >= 4 is 35.2 Å². The van der Waals surface area contributed by atoms with Crippen molar-refractivity contribution in [2.24, 2.45) is 0 Å². The molecule has 1 aliphatic heterocycles. The van der Waals surface area contributed by atoms with Crippen molar-refractivity contribution in [3.05, 3.63) is 53.1 Å². The smallest absolute Gasteiger partial charge is 0.325 e. The number of hydrogen-bond acceptors (Lipinski definition) is 6. The number of ether oxygens (including phenoxy) is 3. The molecular weight excluding hydrogens is 388 g/mol. The molecule has 1 aliphatic rings. The molecule has 0 spiro atoms. The summed E-state index contributed by atoms with van der Waals surface area (Å²) in [7, 11) is 0. The number of nitrogens with one attached hydrogen (secondary N) is 2. The zero-order valence-electron chi connectivity index (χ0n) is 14.7. The Kier molecular flexibility index (Phi) is 6.33. The number of benzene rings is 2. The normalized spacial score (nSPS) is 12.0. The molecule has 0 saturated heterocycles. The van der Waals surface area contributed by atoms with Gasteiger partial charge in [0.1, 0.15) is 13.2 Å². The molecule has 0 unspecified atom stereocenters. The molecule has 0 atom stereocenters. The first-order valence-electron chi connectivity index (χ1n) is 8.40. The molecule has 8 nitrogen and oxygen atoms in total. The quantitative estimate of drug-likeness (QED) is 0.742. The maximum absolute atomic E-state index is 11.9. The number of fused-ring (bicyclic) bond motifs is 1. The highest BCUT2D eigenvalue weighted by molar-refractivity contribution is 6.30. The number of hydrogen-bond donors (Lipinski definition) is 2. The van der Waals surface area contributed by atoms with Crippen LogP contribution in [0, 0.1) is 0 Å². The third-order valence-electron chi connectivity index (χ3n) is 3.68. The fourth-order valence-electron chi connectivity index (χ4n) is 2.41. The zero-order chi connectivity index (χ0) is 19.9. The Morgan fingerprint density at radius 1 is 1.00 bits per heavy atom. The summed E-state index contributed by atoms with van der Waals surface area (Å²) in [5.74, 6) is -0.253. The van der Waals surface area contributed by atoms with E-state index < -0.39 is 24.5 Å². The van der Waals surface area contributed by atoms with E-state index in [1.54, 1.807) is 42.5 Å². The van der Waals surface area contributed by atoms with Gasteiger partial charge >= 0.3 is 12.0 Å². The predicted octanol–water partition coefficient (Wildman–Crippen LogP) is 2.55. The van der Waals surface area contributed by atoms with E-state index in [4.69, 9.17) is 25.8 Å². The SMILES string of the molecule is O=C(COC(=O)Cc1ccc(Cl)cc1)NC(=O)Nc1ccc2c(c1)OCCO2. The van der Waals surface area contributed by atoms with Gasteiger partial charge in [-0.25, -0.2) is 4.79 Å². The molecule has 2 N–H and O–H groups in total. The van der Waals surface area contributed by atoms with E-state index in [9.17, 15) is 14.4 Å². The Labute approximate surface area is 165 Å². The number of carbonyl (C=O) groups excluding carboxylic acids is 3. The van der Waals surface area contributed by atoms with Gasteiger partial charge in [0.15, 0.2) is 18.1 Å². The van der Waals surface area contributed by atoms with Crippen LogP contribution in [0.2, 0.25) is 5.02 Å². The van der Waals surface area contributed by atoms with Crippen molar-refractivity contribution in [1.29, 1.82) is 0 Å². The number of imide groups is 1. The molecule has 0 fully saturated rings.